The van der Waals surface area contributed by atoms with Crippen LogP contribution in [0.25, 0.3) is 0 Å². The standard InChI is InChI=1S/C8H13BrN4OS/c1-8(2,3)11-5(14)4-10-7-13-12-6(9)15-7/h4H2,1-3H3,(H,10,13)(H,11,14). The molecule has 0 radical (unpaired) electrons. The van der Waals surface area contributed by atoms with Crippen molar-refractivity contribution in [3.05, 3.63) is 3.92 Å². The molecule has 0 spiro atoms. The van der Waals surface area contributed by atoms with Crippen LogP contribution in [0.4, 0.5) is 5.13 Å². The Kier molecular flexibility index (Phi) is 4.04. The van der Waals surface area contributed by atoms with Crippen molar-refractivity contribution in [2.75, 3.05) is 11.9 Å². The van der Waals surface area contributed by atoms with Crippen LogP contribution in [-0.2, 0) is 4.79 Å². The summed E-state index contributed by atoms with van der Waals surface area (Å²) in [6.45, 7) is 6.02. The van der Waals surface area contributed by atoms with E-state index in [1.807, 2.05) is 20.8 Å². The van der Waals surface area contributed by atoms with Crippen molar-refractivity contribution in [2.45, 2.75) is 26.3 Å². The van der Waals surface area contributed by atoms with Gasteiger partial charge in [0.25, 0.3) is 0 Å². The summed E-state index contributed by atoms with van der Waals surface area (Å²) in [5.74, 6) is -0.0613. The number of rotatable bonds is 3. The minimum Gasteiger partial charge on any atom is -0.351 e. The van der Waals surface area contributed by atoms with Gasteiger partial charge in [-0.25, -0.2) is 0 Å². The van der Waals surface area contributed by atoms with Crippen LogP contribution in [0, 0.1) is 0 Å². The van der Waals surface area contributed by atoms with Gasteiger partial charge in [-0.2, -0.15) is 0 Å². The van der Waals surface area contributed by atoms with Crippen molar-refractivity contribution in [1.82, 2.24) is 15.5 Å². The van der Waals surface area contributed by atoms with E-state index >= 15 is 0 Å². The van der Waals surface area contributed by atoms with Gasteiger partial charge in [0.05, 0.1) is 6.54 Å². The highest BCUT2D eigenvalue weighted by Gasteiger charge is 2.13. The molecule has 15 heavy (non-hydrogen) atoms. The second-order valence-corrected chi connectivity index (χ2v) is 6.27. The van der Waals surface area contributed by atoms with E-state index in [0.29, 0.717) is 9.05 Å². The summed E-state index contributed by atoms with van der Waals surface area (Å²) in [6.07, 6.45) is 0. The van der Waals surface area contributed by atoms with E-state index in [4.69, 9.17) is 0 Å². The first-order chi connectivity index (χ1) is 6.87. The molecule has 1 rings (SSSR count). The van der Waals surface area contributed by atoms with Crippen LogP contribution in [-0.4, -0.2) is 28.2 Å². The number of anilines is 1. The van der Waals surface area contributed by atoms with Crippen molar-refractivity contribution in [3.63, 3.8) is 0 Å². The van der Waals surface area contributed by atoms with Gasteiger partial charge in [0.15, 0.2) is 3.92 Å². The number of hydrogen-bond donors (Lipinski definition) is 2. The molecule has 0 aliphatic heterocycles. The highest BCUT2D eigenvalue weighted by Crippen LogP contribution is 2.19. The first-order valence-corrected chi connectivity index (χ1v) is 6.02. The average Bonchev–Trinajstić information content (AvgIpc) is 2.45. The largest absolute Gasteiger partial charge is 0.351 e. The van der Waals surface area contributed by atoms with Crippen LogP contribution in [0.2, 0.25) is 0 Å². The second kappa shape index (κ2) is 4.89. The number of amides is 1. The summed E-state index contributed by atoms with van der Waals surface area (Å²) in [5.41, 5.74) is -0.208. The predicted octanol–water partition coefficient (Wildman–Crippen LogP) is 1.63. The highest BCUT2D eigenvalue weighted by molar-refractivity contribution is 9.11. The third-order valence-electron chi connectivity index (χ3n) is 1.31. The smallest absolute Gasteiger partial charge is 0.239 e. The molecule has 0 fully saturated rings. The maximum Gasteiger partial charge on any atom is 0.239 e. The lowest BCUT2D eigenvalue weighted by molar-refractivity contribution is -0.120. The third-order valence-corrected chi connectivity index (χ3v) is 2.63. The lowest BCUT2D eigenvalue weighted by Gasteiger charge is -2.20. The van der Waals surface area contributed by atoms with Gasteiger partial charge in [0, 0.05) is 5.54 Å². The molecule has 1 aromatic rings. The van der Waals surface area contributed by atoms with Gasteiger partial charge in [-0.05, 0) is 36.7 Å². The Hall–Kier alpha value is -0.690. The summed E-state index contributed by atoms with van der Waals surface area (Å²) in [7, 11) is 0. The number of hydrogen-bond acceptors (Lipinski definition) is 5. The third kappa shape index (κ3) is 5.08. The molecule has 0 bridgehead atoms. The van der Waals surface area contributed by atoms with Gasteiger partial charge in [-0.1, -0.05) is 11.3 Å². The molecule has 0 unspecified atom stereocenters. The van der Waals surface area contributed by atoms with E-state index in [9.17, 15) is 4.79 Å². The molecular weight excluding hydrogens is 280 g/mol. The maximum absolute atomic E-state index is 11.4. The molecule has 0 saturated heterocycles. The van der Waals surface area contributed by atoms with Crippen LogP contribution >= 0.6 is 27.3 Å². The molecule has 0 aromatic carbocycles. The number of carbonyl (C=O) groups is 1. The Morgan fingerprint density at radius 1 is 1.47 bits per heavy atom. The second-order valence-electron chi connectivity index (χ2n) is 4.01. The average molecular weight is 293 g/mol. The number of nitrogens with one attached hydrogen (secondary N) is 2. The van der Waals surface area contributed by atoms with Gasteiger partial charge in [0.2, 0.25) is 11.0 Å². The fraction of sp³-hybridized carbons (Fsp3) is 0.625. The maximum atomic E-state index is 11.4. The Balaban J connectivity index is 2.35. The van der Waals surface area contributed by atoms with Crippen molar-refractivity contribution in [3.8, 4) is 0 Å². The molecule has 2 N–H and O–H groups in total. The van der Waals surface area contributed by atoms with Crippen LogP contribution in [0.1, 0.15) is 20.8 Å². The Morgan fingerprint density at radius 3 is 2.60 bits per heavy atom. The van der Waals surface area contributed by atoms with Crippen LogP contribution in [0.15, 0.2) is 3.92 Å². The van der Waals surface area contributed by atoms with Gasteiger partial charge >= 0.3 is 0 Å². The molecular formula is C8H13BrN4OS. The number of nitrogens with zero attached hydrogens (tertiary/aromatic N) is 2. The summed E-state index contributed by atoms with van der Waals surface area (Å²) < 4.78 is 0.696. The molecule has 1 aromatic heterocycles. The normalized spacial score (nSPS) is 11.2. The molecule has 0 saturated carbocycles. The first-order valence-electron chi connectivity index (χ1n) is 4.41. The number of carbonyl (C=O) groups excluding carboxylic acids is 1. The van der Waals surface area contributed by atoms with E-state index < -0.39 is 0 Å². The first kappa shape index (κ1) is 12.4. The molecule has 0 atom stereocenters. The molecule has 84 valence electrons. The van der Waals surface area contributed by atoms with Gasteiger partial charge < -0.3 is 10.6 Å². The SMILES string of the molecule is CC(C)(C)NC(=O)CNc1nnc(Br)s1. The Labute approximate surface area is 101 Å². The van der Waals surface area contributed by atoms with Gasteiger partial charge in [0.1, 0.15) is 0 Å². The highest BCUT2D eigenvalue weighted by atomic mass is 79.9. The molecule has 1 heterocycles. The quantitative estimate of drug-likeness (QED) is 0.889. The number of aromatic nitrogens is 2. The van der Waals surface area contributed by atoms with Gasteiger partial charge in [-0.3, -0.25) is 4.79 Å². The minimum absolute atomic E-state index is 0.0613. The summed E-state index contributed by atoms with van der Waals surface area (Å²) >= 11 is 4.54. The van der Waals surface area contributed by atoms with E-state index in [0.717, 1.165) is 0 Å². The summed E-state index contributed by atoms with van der Waals surface area (Å²) in [4.78, 5) is 11.4. The molecule has 0 aliphatic rings. The van der Waals surface area contributed by atoms with Crippen LogP contribution < -0.4 is 10.6 Å². The summed E-state index contributed by atoms with van der Waals surface area (Å²) in [6, 6.07) is 0. The van der Waals surface area contributed by atoms with Gasteiger partial charge in [-0.15, -0.1) is 10.2 Å². The zero-order valence-electron chi connectivity index (χ0n) is 8.80. The molecule has 7 heteroatoms. The zero-order valence-corrected chi connectivity index (χ0v) is 11.2. The monoisotopic (exact) mass is 292 g/mol. The number of halogens is 1. The Bertz CT molecular complexity index is 347. The predicted molar refractivity (Wildman–Crippen MR) is 64.0 cm³/mol. The van der Waals surface area contributed by atoms with Crippen molar-refractivity contribution in [1.29, 1.82) is 0 Å². The topological polar surface area (TPSA) is 66.9 Å². The fourth-order valence-electron chi connectivity index (χ4n) is 0.895. The van der Waals surface area contributed by atoms with E-state index in [-0.39, 0.29) is 18.0 Å². The van der Waals surface area contributed by atoms with Crippen molar-refractivity contribution < 1.29 is 4.79 Å². The molecule has 1 amide bonds. The lowest BCUT2D eigenvalue weighted by Crippen LogP contribution is -2.43. The lowest BCUT2D eigenvalue weighted by atomic mass is 10.1. The van der Waals surface area contributed by atoms with E-state index in [1.165, 1.54) is 11.3 Å². The summed E-state index contributed by atoms with van der Waals surface area (Å²) in [5, 5.41) is 13.9. The molecule has 0 aliphatic carbocycles. The zero-order chi connectivity index (χ0) is 11.5. The van der Waals surface area contributed by atoms with E-state index in [1.54, 1.807) is 0 Å². The molecule has 5 nitrogen and oxygen atoms in total. The van der Waals surface area contributed by atoms with Crippen molar-refractivity contribution >= 4 is 38.3 Å². The van der Waals surface area contributed by atoms with Crippen LogP contribution in [0.3, 0.4) is 0 Å². The minimum atomic E-state index is -0.208. The fourth-order valence-corrected chi connectivity index (χ4v) is 1.90. The Morgan fingerprint density at radius 2 is 2.13 bits per heavy atom. The van der Waals surface area contributed by atoms with E-state index in [2.05, 4.69) is 36.8 Å². The van der Waals surface area contributed by atoms with Crippen LogP contribution in [0.5, 0.6) is 0 Å². The van der Waals surface area contributed by atoms with Crippen molar-refractivity contribution in [2.24, 2.45) is 0 Å².